The van der Waals surface area contributed by atoms with Gasteiger partial charge < -0.3 is 28.8 Å². The lowest BCUT2D eigenvalue weighted by atomic mass is 9.47. The number of hydrogen-bond donors (Lipinski definition) is 1. The summed E-state index contributed by atoms with van der Waals surface area (Å²) in [5.41, 5.74) is 12.7. The first-order valence-electron chi connectivity index (χ1n) is 20.2. The number of rotatable bonds is 15. The highest BCUT2D eigenvalue weighted by molar-refractivity contribution is 5.27. The Hall–Kier alpha value is -2.39. The molecule has 1 aromatic rings. The summed E-state index contributed by atoms with van der Waals surface area (Å²) in [5, 5.41) is 14.8. The summed E-state index contributed by atoms with van der Waals surface area (Å²) < 4.78 is 31.7. The molecule has 0 amide bonds. The summed E-state index contributed by atoms with van der Waals surface area (Å²) in [7, 11) is 1.65. The van der Waals surface area contributed by atoms with Gasteiger partial charge in [0.15, 0.2) is 6.29 Å². The van der Waals surface area contributed by atoms with Gasteiger partial charge in [0.2, 0.25) is 0 Å². The Morgan fingerprint density at radius 2 is 1.87 bits per heavy atom. The molecule has 0 spiro atoms. The van der Waals surface area contributed by atoms with E-state index in [0.29, 0.717) is 48.7 Å². The average Bonchev–Trinajstić information content (AvgIpc) is 3.43. The van der Waals surface area contributed by atoms with Crippen LogP contribution in [0.3, 0.4) is 0 Å². The maximum absolute atomic E-state index is 10.6. The number of hydrogen-bond acceptors (Lipinski definition) is 7. The van der Waals surface area contributed by atoms with Crippen LogP contribution in [0.4, 0.5) is 0 Å². The zero-order valence-electron chi connectivity index (χ0n) is 32.6. The van der Waals surface area contributed by atoms with Gasteiger partial charge in [0.25, 0.3) is 0 Å². The second kappa shape index (κ2) is 17.0. The minimum absolute atomic E-state index is 0.0209. The van der Waals surface area contributed by atoms with Gasteiger partial charge in [0.05, 0.1) is 45.2 Å². The molecule has 0 bridgehead atoms. The van der Waals surface area contributed by atoms with Gasteiger partial charge in [0, 0.05) is 4.91 Å². The van der Waals surface area contributed by atoms with Crippen LogP contribution in [-0.2, 0) is 25.6 Å². The van der Waals surface area contributed by atoms with Gasteiger partial charge in [-0.3, -0.25) is 0 Å². The van der Waals surface area contributed by atoms with E-state index >= 15 is 0 Å². The van der Waals surface area contributed by atoms with E-state index < -0.39 is 24.5 Å². The molecule has 3 saturated carbocycles. The monoisotopic (exact) mass is 719 g/mol. The average molecular weight is 720 g/mol. The van der Waals surface area contributed by atoms with Gasteiger partial charge in [-0.1, -0.05) is 88.9 Å². The van der Waals surface area contributed by atoms with Gasteiger partial charge in [-0.05, 0) is 115 Å². The summed E-state index contributed by atoms with van der Waals surface area (Å²) in [6.45, 7) is 16.9. The van der Waals surface area contributed by atoms with Crippen LogP contribution >= 0.6 is 0 Å². The molecule has 9 heteroatoms. The first-order chi connectivity index (χ1) is 25.0. The summed E-state index contributed by atoms with van der Waals surface area (Å²) in [6, 6.07) is 7.07. The van der Waals surface area contributed by atoms with Crippen molar-refractivity contribution in [2.45, 2.75) is 142 Å². The predicted molar refractivity (Wildman–Crippen MR) is 203 cm³/mol. The molecule has 4 fully saturated rings. The molecule has 288 valence electrons. The van der Waals surface area contributed by atoms with Crippen molar-refractivity contribution < 1.29 is 28.8 Å². The molecule has 13 atom stereocenters. The van der Waals surface area contributed by atoms with Gasteiger partial charge in [-0.25, -0.2) is 0 Å². The molecule has 9 nitrogen and oxygen atoms in total. The number of fused-ring (bicyclic) bond motifs is 5. The minimum Gasteiger partial charge on any atom is -0.497 e. The lowest BCUT2D eigenvalue weighted by molar-refractivity contribution is -0.263. The normalized spacial score (nSPS) is 39.0. The third-order valence-corrected chi connectivity index (χ3v) is 14.1. The van der Waals surface area contributed by atoms with E-state index in [1.807, 2.05) is 24.3 Å². The maximum Gasteiger partial charge on any atom is 0.169 e. The lowest BCUT2D eigenvalue weighted by Gasteiger charge is -2.58. The van der Waals surface area contributed by atoms with Gasteiger partial charge in [0.1, 0.15) is 17.9 Å². The van der Waals surface area contributed by atoms with E-state index in [1.54, 1.807) is 13.2 Å². The SMILES string of the molecule is C=CCOC1C(OCc2ccc(OC)cc2)COC(O[C@H]2C[C@H]3[C@@H]4CC=C5C[C@@H](O)CC[C@]5(C)[C@H]4CC[C@]3(C)[C@H]2[C@H](C)CCCC(C)C)C1N=[N+]=[N-]. The second-order valence-electron chi connectivity index (χ2n) is 17.6. The highest BCUT2D eigenvalue weighted by atomic mass is 16.7. The molecule has 52 heavy (non-hydrogen) atoms. The molecule has 1 aliphatic heterocycles. The van der Waals surface area contributed by atoms with E-state index in [9.17, 15) is 10.6 Å². The number of methoxy groups -OCH3 is 1. The number of azide groups is 1. The zero-order valence-corrected chi connectivity index (χ0v) is 32.6. The van der Waals surface area contributed by atoms with E-state index in [2.05, 4.69) is 57.3 Å². The molecular weight excluding hydrogens is 654 g/mol. The lowest BCUT2D eigenvalue weighted by Crippen LogP contribution is -2.56. The Morgan fingerprint density at radius 3 is 2.58 bits per heavy atom. The Morgan fingerprint density at radius 1 is 1.08 bits per heavy atom. The number of benzene rings is 1. The van der Waals surface area contributed by atoms with E-state index in [4.69, 9.17) is 23.7 Å². The van der Waals surface area contributed by atoms with Gasteiger partial charge in [-0.15, -0.1) is 6.58 Å². The number of nitrogens with zero attached hydrogens (tertiary/aromatic N) is 3. The van der Waals surface area contributed by atoms with Crippen LogP contribution in [0.15, 0.2) is 53.7 Å². The maximum atomic E-state index is 10.6. The molecular formula is C43H65N3O6. The second-order valence-corrected chi connectivity index (χ2v) is 17.6. The van der Waals surface area contributed by atoms with Gasteiger partial charge >= 0.3 is 0 Å². The molecule has 1 saturated heterocycles. The highest BCUT2D eigenvalue weighted by Crippen LogP contribution is 2.68. The van der Waals surface area contributed by atoms with Crippen LogP contribution in [0.5, 0.6) is 5.75 Å². The van der Waals surface area contributed by atoms with Crippen molar-refractivity contribution in [1.29, 1.82) is 0 Å². The van der Waals surface area contributed by atoms with Crippen molar-refractivity contribution in [3.05, 3.63) is 64.6 Å². The van der Waals surface area contributed by atoms with Crippen LogP contribution in [0.2, 0.25) is 0 Å². The summed E-state index contributed by atoms with van der Waals surface area (Å²) in [6.07, 6.45) is 13.2. The van der Waals surface area contributed by atoms with Crippen molar-refractivity contribution in [3.63, 3.8) is 0 Å². The van der Waals surface area contributed by atoms with Crippen molar-refractivity contribution in [2.24, 2.45) is 51.5 Å². The molecule has 4 aliphatic carbocycles. The standard InChI is InChI=1S/C43H65N3O6/c1-8-22-49-40-37(50-25-29-12-15-32(48-7)16-13-29)26-51-41(39(40)45-46-44)52-36-24-35-33-17-14-30-23-31(47)18-20-42(30,5)34(33)19-21-43(35,6)38(36)28(4)11-9-10-27(2)3/h8,12-16,27-28,31,33-41,47H,1,9-11,17-26H2,2-7H3/t28-,31+,33-,34+,35+,36+,37?,38+,39?,40?,41?,42+,43+/m1/s1. The number of ether oxygens (including phenoxy) is 5. The van der Waals surface area contributed by atoms with Crippen LogP contribution < -0.4 is 4.74 Å². The van der Waals surface area contributed by atoms with Crippen molar-refractivity contribution >= 4 is 0 Å². The third kappa shape index (κ3) is 8.01. The topological polar surface area (TPSA) is 115 Å². The fourth-order valence-corrected chi connectivity index (χ4v) is 11.5. The first-order valence-corrected chi connectivity index (χ1v) is 20.2. The third-order valence-electron chi connectivity index (χ3n) is 14.1. The zero-order chi connectivity index (χ0) is 37.0. The quantitative estimate of drug-likeness (QED) is 0.0836. The van der Waals surface area contributed by atoms with Crippen molar-refractivity contribution in [3.8, 4) is 5.75 Å². The highest BCUT2D eigenvalue weighted by Gasteiger charge is 2.62. The molecule has 0 radical (unpaired) electrons. The van der Waals surface area contributed by atoms with E-state index in [1.165, 1.54) is 37.7 Å². The fraction of sp³-hybridized carbons (Fsp3) is 0.767. The number of aliphatic hydroxyl groups excluding tert-OH is 1. The molecule has 1 N–H and O–H groups in total. The van der Waals surface area contributed by atoms with Crippen molar-refractivity contribution in [2.75, 3.05) is 20.3 Å². The molecule has 6 rings (SSSR count). The van der Waals surface area contributed by atoms with E-state index in [-0.39, 0.29) is 29.6 Å². The Labute approximate surface area is 312 Å². The van der Waals surface area contributed by atoms with Crippen LogP contribution in [0.25, 0.3) is 10.4 Å². The number of allylic oxidation sites excluding steroid dienone is 1. The van der Waals surface area contributed by atoms with Crippen molar-refractivity contribution in [1.82, 2.24) is 0 Å². The fourth-order valence-electron chi connectivity index (χ4n) is 11.5. The van der Waals surface area contributed by atoms with Crippen LogP contribution in [-0.4, -0.2) is 62.2 Å². The molecule has 0 aromatic heterocycles. The largest absolute Gasteiger partial charge is 0.497 e. The number of aliphatic hydroxyl groups is 1. The van der Waals surface area contributed by atoms with E-state index in [0.717, 1.165) is 43.4 Å². The summed E-state index contributed by atoms with van der Waals surface area (Å²) in [5.74, 6) is 4.09. The Kier molecular flexibility index (Phi) is 12.8. The minimum atomic E-state index is -0.739. The Bertz CT molecular complexity index is 1430. The predicted octanol–water partition coefficient (Wildman–Crippen LogP) is 9.58. The summed E-state index contributed by atoms with van der Waals surface area (Å²) in [4.78, 5) is 3.28. The molecule has 5 aliphatic rings. The van der Waals surface area contributed by atoms with Gasteiger partial charge in [-0.2, -0.15) is 0 Å². The molecule has 1 heterocycles. The Balaban J connectivity index is 1.25. The van der Waals surface area contributed by atoms with Crippen LogP contribution in [0.1, 0.15) is 104 Å². The first kappa shape index (κ1) is 39.3. The smallest absolute Gasteiger partial charge is 0.169 e. The van der Waals surface area contributed by atoms with Crippen LogP contribution in [0, 0.1) is 46.3 Å². The summed E-state index contributed by atoms with van der Waals surface area (Å²) >= 11 is 0. The molecule has 1 aromatic carbocycles. The molecule has 4 unspecified atom stereocenters.